The Morgan fingerprint density at radius 1 is 0.833 bits per heavy atom. The van der Waals surface area contributed by atoms with Crippen molar-refractivity contribution in [2.45, 2.75) is 32.3 Å². The number of hydrogen-bond acceptors (Lipinski definition) is 3. The van der Waals surface area contributed by atoms with E-state index in [0.717, 1.165) is 52.0 Å². The van der Waals surface area contributed by atoms with E-state index in [2.05, 4.69) is 52.1 Å². The van der Waals surface area contributed by atoms with Gasteiger partial charge in [0.25, 0.3) is 0 Å². The van der Waals surface area contributed by atoms with Crippen LogP contribution in [0.1, 0.15) is 28.8 Å². The highest BCUT2D eigenvalue weighted by molar-refractivity contribution is 5.86. The van der Waals surface area contributed by atoms with Gasteiger partial charge < -0.3 is 14.4 Å². The number of nitrogens with zero attached hydrogens (tertiary/aromatic N) is 2. The first-order valence-electron chi connectivity index (χ1n) is 12.2. The predicted molar refractivity (Wildman–Crippen MR) is 142 cm³/mol. The van der Waals surface area contributed by atoms with Gasteiger partial charge in [0.2, 0.25) is 0 Å². The topological polar surface area (TPSA) is 64.3 Å². The molecule has 0 fully saturated rings. The number of aromatic nitrogens is 2. The number of benzene rings is 3. The molecule has 5 heteroatoms. The molecule has 3 aromatic carbocycles. The van der Waals surface area contributed by atoms with Gasteiger partial charge in [-0.2, -0.15) is 0 Å². The minimum atomic E-state index is -0.780. The molecule has 2 heterocycles. The number of rotatable bonds is 10. The van der Waals surface area contributed by atoms with E-state index in [1.165, 1.54) is 5.56 Å². The monoisotopic (exact) mass is 476 g/mol. The Bertz CT molecular complexity index is 1440. The van der Waals surface area contributed by atoms with Gasteiger partial charge in [0.1, 0.15) is 12.4 Å². The van der Waals surface area contributed by atoms with Gasteiger partial charge in [0, 0.05) is 35.6 Å². The first-order valence-corrected chi connectivity index (χ1v) is 12.2. The molecule has 0 unspecified atom stereocenters. The van der Waals surface area contributed by atoms with E-state index in [1.54, 1.807) is 0 Å². The van der Waals surface area contributed by atoms with Crippen LogP contribution in [0, 0.1) is 0 Å². The van der Waals surface area contributed by atoms with Crippen molar-refractivity contribution in [1.29, 1.82) is 0 Å². The summed E-state index contributed by atoms with van der Waals surface area (Å²) in [5, 5.41) is 10.3. The number of carboxylic acids is 1. The van der Waals surface area contributed by atoms with E-state index in [9.17, 15) is 4.79 Å². The number of fused-ring (bicyclic) bond motifs is 1. The van der Waals surface area contributed by atoms with E-state index in [1.807, 2.05) is 60.8 Å². The molecule has 0 radical (unpaired) electrons. The lowest BCUT2D eigenvalue weighted by molar-refractivity contribution is -0.136. The first kappa shape index (κ1) is 23.4. The number of ether oxygens (including phenoxy) is 1. The fourth-order valence-corrected chi connectivity index (χ4v) is 4.42. The summed E-state index contributed by atoms with van der Waals surface area (Å²) in [4.78, 5) is 15.6. The summed E-state index contributed by atoms with van der Waals surface area (Å²) in [6, 6.07) is 30.5. The second-order valence-electron chi connectivity index (χ2n) is 8.86. The summed E-state index contributed by atoms with van der Waals surface area (Å²) < 4.78 is 8.16. The molecule has 0 bridgehead atoms. The maximum absolute atomic E-state index is 11.1. The lowest BCUT2D eigenvalue weighted by Crippen LogP contribution is -1.98. The molecule has 0 atom stereocenters. The second-order valence-corrected chi connectivity index (χ2v) is 8.86. The number of carbonyl (C=O) groups is 1. The fourth-order valence-electron chi connectivity index (χ4n) is 4.42. The van der Waals surface area contributed by atoms with Crippen molar-refractivity contribution in [3.8, 4) is 11.4 Å². The van der Waals surface area contributed by atoms with E-state index < -0.39 is 5.97 Å². The number of hydrogen-bond donors (Lipinski definition) is 1. The Labute approximate surface area is 210 Å². The molecular formula is C31H28N2O3. The molecule has 2 aromatic heterocycles. The fraction of sp³-hybridized carbons (Fsp3) is 0.161. The molecule has 0 spiro atoms. The van der Waals surface area contributed by atoms with Crippen molar-refractivity contribution < 1.29 is 14.6 Å². The minimum Gasteiger partial charge on any atom is -0.489 e. The maximum Gasteiger partial charge on any atom is 0.303 e. The number of pyridine rings is 1. The minimum absolute atomic E-state index is 0.125. The molecule has 1 N–H and O–H groups in total. The van der Waals surface area contributed by atoms with Crippen LogP contribution in [0.4, 0.5) is 0 Å². The molecule has 180 valence electrons. The molecule has 5 aromatic rings. The molecule has 0 aliphatic heterocycles. The summed E-state index contributed by atoms with van der Waals surface area (Å²) >= 11 is 0. The van der Waals surface area contributed by atoms with E-state index in [4.69, 9.17) is 9.84 Å². The predicted octanol–water partition coefficient (Wildman–Crippen LogP) is 6.41. The summed E-state index contributed by atoms with van der Waals surface area (Å²) in [5.41, 5.74) is 6.59. The zero-order valence-electron chi connectivity index (χ0n) is 20.0. The van der Waals surface area contributed by atoms with E-state index in [-0.39, 0.29) is 6.42 Å². The highest BCUT2D eigenvalue weighted by Gasteiger charge is 2.12. The maximum atomic E-state index is 11.1. The summed E-state index contributed by atoms with van der Waals surface area (Å²) in [7, 11) is 0. The van der Waals surface area contributed by atoms with Gasteiger partial charge in [-0.15, -0.1) is 0 Å². The van der Waals surface area contributed by atoms with Crippen molar-refractivity contribution in [3.05, 3.63) is 126 Å². The molecule has 5 nitrogen and oxygen atoms in total. The van der Waals surface area contributed by atoms with Crippen molar-refractivity contribution in [2.75, 3.05) is 0 Å². The molecule has 5 rings (SSSR count). The number of carboxylic acid groups (broad SMARTS) is 1. The van der Waals surface area contributed by atoms with Crippen LogP contribution < -0.4 is 4.74 Å². The molecule has 0 saturated carbocycles. The van der Waals surface area contributed by atoms with Crippen LogP contribution in [-0.2, 0) is 30.7 Å². The van der Waals surface area contributed by atoms with Crippen molar-refractivity contribution in [1.82, 2.24) is 9.55 Å². The van der Waals surface area contributed by atoms with Gasteiger partial charge in [0.05, 0.1) is 5.52 Å². The summed E-state index contributed by atoms with van der Waals surface area (Å²) in [6.07, 6.45) is 6.34. The third kappa shape index (κ3) is 5.63. The molecule has 36 heavy (non-hydrogen) atoms. The second kappa shape index (κ2) is 10.9. The van der Waals surface area contributed by atoms with Gasteiger partial charge in [-0.1, -0.05) is 42.5 Å². The van der Waals surface area contributed by atoms with Crippen molar-refractivity contribution >= 4 is 16.9 Å². The highest BCUT2D eigenvalue weighted by atomic mass is 16.5. The standard InChI is InChI=1S/C31H28N2O3/c34-31(35)18-10-23-9-17-30-29(20-23)25(11-12-26-8-4-5-19-32-26)21-33(30)27-13-15-28(16-14-27)36-22-24-6-2-1-3-7-24/h1-9,13-17,19-21H,10-12,18,22H2,(H,34,35). The average molecular weight is 477 g/mol. The zero-order chi connectivity index (χ0) is 24.7. The molecule has 0 aliphatic carbocycles. The van der Waals surface area contributed by atoms with Gasteiger partial charge >= 0.3 is 5.97 Å². The summed E-state index contributed by atoms with van der Waals surface area (Å²) in [6.45, 7) is 0.531. The smallest absolute Gasteiger partial charge is 0.303 e. The Balaban J connectivity index is 1.41. The number of aliphatic carboxylic acids is 1. The van der Waals surface area contributed by atoms with Gasteiger partial charge in [0.15, 0.2) is 0 Å². The van der Waals surface area contributed by atoms with Crippen LogP contribution >= 0.6 is 0 Å². The van der Waals surface area contributed by atoms with Gasteiger partial charge in [-0.3, -0.25) is 9.78 Å². The van der Waals surface area contributed by atoms with Crippen LogP contribution in [0.3, 0.4) is 0 Å². The molecule has 0 saturated heterocycles. The van der Waals surface area contributed by atoms with Gasteiger partial charge in [-0.25, -0.2) is 0 Å². The Kier molecular flexibility index (Phi) is 7.08. The van der Waals surface area contributed by atoms with Crippen LogP contribution in [0.5, 0.6) is 5.75 Å². The van der Waals surface area contributed by atoms with E-state index >= 15 is 0 Å². The third-order valence-electron chi connectivity index (χ3n) is 6.32. The molecule has 0 aliphatic rings. The lowest BCUT2D eigenvalue weighted by Gasteiger charge is -2.09. The van der Waals surface area contributed by atoms with Gasteiger partial charge in [-0.05, 0) is 84.5 Å². The Morgan fingerprint density at radius 3 is 2.39 bits per heavy atom. The highest BCUT2D eigenvalue weighted by Crippen LogP contribution is 2.28. The summed E-state index contributed by atoms with van der Waals surface area (Å²) in [5.74, 6) is 0.0445. The molecular weight excluding hydrogens is 448 g/mol. The Hall–Kier alpha value is -4.38. The SMILES string of the molecule is O=C(O)CCc1ccc2c(c1)c(CCc1ccccn1)cn2-c1ccc(OCc2ccccc2)cc1. The van der Waals surface area contributed by atoms with Crippen LogP contribution in [0.15, 0.2) is 103 Å². The largest absolute Gasteiger partial charge is 0.489 e. The van der Waals surface area contributed by atoms with Crippen LogP contribution in [-0.4, -0.2) is 20.6 Å². The van der Waals surface area contributed by atoms with Crippen LogP contribution in [0.25, 0.3) is 16.6 Å². The first-order chi connectivity index (χ1) is 17.7. The molecule has 0 amide bonds. The van der Waals surface area contributed by atoms with Crippen LogP contribution in [0.2, 0.25) is 0 Å². The zero-order valence-corrected chi connectivity index (χ0v) is 20.0. The van der Waals surface area contributed by atoms with E-state index in [0.29, 0.717) is 13.0 Å². The normalized spacial score (nSPS) is 11.0. The van der Waals surface area contributed by atoms with Crippen molar-refractivity contribution in [3.63, 3.8) is 0 Å². The average Bonchev–Trinajstić information content (AvgIpc) is 3.29. The quantitative estimate of drug-likeness (QED) is 0.253. The third-order valence-corrected chi connectivity index (χ3v) is 6.32. The number of aryl methyl sites for hydroxylation is 3. The van der Waals surface area contributed by atoms with Crippen molar-refractivity contribution in [2.24, 2.45) is 0 Å². The lowest BCUT2D eigenvalue weighted by atomic mass is 10.0. The Morgan fingerprint density at radius 2 is 1.64 bits per heavy atom.